The molecule has 1 amide bonds. The Balaban J connectivity index is 1.53. The van der Waals surface area contributed by atoms with Crippen molar-refractivity contribution in [3.63, 3.8) is 0 Å². The lowest BCUT2D eigenvalue weighted by Crippen LogP contribution is -2.39. The first-order valence-corrected chi connectivity index (χ1v) is 9.08. The lowest BCUT2D eigenvalue weighted by Gasteiger charge is -2.24. The van der Waals surface area contributed by atoms with Crippen molar-refractivity contribution in [2.24, 2.45) is 0 Å². The van der Waals surface area contributed by atoms with Gasteiger partial charge in [0, 0.05) is 6.54 Å². The third-order valence-corrected chi connectivity index (χ3v) is 5.25. The zero-order valence-corrected chi connectivity index (χ0v) is 14.5. The van der Waals surface area contributed by atoms with Crippen molar-refractivity contribution in [2.45, 2.75) is 25.4 Å². The molecule has 0 aliphatic carbocycles. The van der Waals surface area contributed by atoms with Gasteiger partial charge in [-0.05, 0) is 41.6 Å². The lowest BCUT2D eigenvalue weighted by atomic mass is 10.1. The molecule has 9 heteroatoms. The average Bonchev–Trinajstić information content (AvgIpc) is 3.36. The topological polar surface area (TPSA) is 63.9 Å². The van der Waals surface area contributed by atoms with Crippen LogP contribution >= 0.6 is 11.3 Å². The number of hydrogen-bond donors (Lipinski definition) is 0. The highest BCUT2D eigenvalue weighted by Crippen LogP contribution is 2.24. The summed E-state index contributed by atoms with van der Waals surface area (Å²) in [4.78, 5) is 16.5. The van der Waals surface area contributed by atoms with E-state index in [9.17, 15) is 13.6 Å². The van der Waals surface area contributed by atoms with Gasteiger partial charge in [-0.2, -0.15) is 4.80 Å². The maximum atomic E-state index is 13.9. The molecule has 0 saturated carbocycles. The van der Waals surface area contributed by atoms with Crippen LogP contribution in [0, 0.1) is 11.6 Å². The summed E-state index contributed by atoms with van der Waals surface area (Å²) >= 11 is 1.51. The summed E-state index contributed by atoms with van der Waals surface area (Å²) in [7, 11) is 0. The van der Waals surface area contributed by atoms with Crippen LogP contribution in [0.4, 0.5) is 8.78 Å². The van der Waals surface area contributed by atoms with Gasteiger partial charge in [0.25, 0.3) is 5.91 Å². The number of nitrogens with zero attached hydrogens (tertiary/aromatic N) is 5. The lowest BCUT2D eigenvalue weighted by molar-refractivity contribution is 0.0708. The fourth-order valence-corrected chi connectivity index (χ4v) is 3.80. The SMILES string of the molecule is O=C(c1c(F)cccc1F)N1CCC[C@H]1Cn1nnc(-c2cccs2)n1. The van der Waals surface area contributed by atoms with E-state index < -0.39 is 23.1 Å². The molecule has 1 aromatic carbocycles. The predicted molar refractivity (Wildman–Crippen MR) is 91.5 cm³/mol. The van der Waals surface area contributed by atoms with Crippen LogP contribution in [-0.2, 0) is 6.54 Å². The minimum atomic E-state index is -0.848. The van der Waals surface area contributed by atoms with E-state index >= 15 is 0 Å². The third kappa shape index (κ3) is 3.10. The zero-order valence-electron chi connectivity index (χ0n) is 13.7. The number of benzene rings is 1. The quantitative estimate of drug-likeness (QED) is 0.703. The molecule has 1 aliphatic heterocycles. The van der Waals surface area contributed by atoms with Crippen LogP contribution in [-0.4, -0.2) is 43.6 Å². The monoisotopic (exact) mass is 375 g/mol. The van der Waals surface area contributed by atoms with Gasteiger partial charge in [-0.1, -0.05) is 12.1 Å². The number of halogens is 2. The Hall–Kier alpha value is -2.68. The maximum Gasteiger partial charge on any atom is 0.260 e. The van der Waals surface area contributed by atoms with Gasteiger partial charge in [0.1, 0.15) is 17.2 Å². The number of thiophene rings is 1. The third-order valence-electron chi connectivity index (χ3n) is 4.38. The van der Waals surface area contributed by atoms with Crippen LogP contribution in [0.3, 0.4) is 0 Å². The van der Waals surface area contributed by atoms with Crippen LogP contribution < -0.4 is 0 Å². The first kappa shape index (κ1) is 16.8. The van der Waals surface area contributed by atoms with E-state index in [4.69, 9.17) is 0 Å². The summed E-state index contributed by atoms with van der Waals surface area (Å²) in [5, 5.41) is 14.3. The highest BCUT2D eigenvalue weighted by atomic mass is 32.1. The fourth-order valence-electron chi connectivity index (χ4n) is 3.15. The number of amides is 1. The summed E-state index contributed by atoms with van der Waals surface area (Å²) in [5.41, 5.74) is -0.509. The van der Waals surface area contributed by atoms with Gasteiger partial charge < -0.3 is 4.90 Å². The van der Waals surface area contributed by atoms with Gasteiger partial charge >= 0.3 is 0 Å². The molecule has 6 nitrogen and oxygen atoms in total. The number of tetrazole rings is 1. The van der Waals surface area contributed by atoms with Crippen LogP contribution in [0.5, 0.6) is 0 Å². The first-order chi connectivity index (χ1) is 12.6. The smallest absolute Gasteiger partial charge is 0.260 e. The predicted octanol–water partition coefficient (Wildman–Crippen LogP) is 2.98. The van der Waals surface area contributed by atoms with Crippen LogP contribution in [0.15, 0.2) is 35.7 Å². The number of rotatable bonds is 4. The first-order valence-electron chi connectivity index (χ1n) is 8.20. The van der Waals surface area contributed by atoms with Crippen molar-refractivity contribution in [2.75, 3.05) is 6.54 Å². The van der Waals surface area contributed by atoms with E-state index in [2.05, 4.69) is 15.4 Å². The Morgan fingerprint density at radius 2 is 2.04 bits per heavy atom. The van der Waals surface area contributed by atoms with E-state index in [1.54, 1.807) is 0 Å². The van der Waals surface area contributed by atoms with Gasteiger partial charge in [-0.3, -0.25) is 4.79 Å². The van der Waals surface area contributed by atoms with Crippen molar-refractivity contribution in [1.29, 1.82) is 0 Å². The Kier molecular flexibility index (Phi) is 4.46. The number of aromatic nitrogens is 4. The molecule has 3 heterocycles. The normalized spacial score (nSPS) is 17.0. The molecule has 134 valence electrons. The standard InChI is InChI=1S/C17H15F2N5OS/c18-12-5-1-6-13(19)15(12)17(25)23-8-2-4-11(23)10-24-21-16(20-22-24)14-7-3-9-26-14/h1,3,5-7,9,11H,2,4,8,10H2/t11-/m0/s1. The highest BCUT2D eigenvalue weighted by molar-refractivity contribution is 7.13. The molecular formula is C17H15F2N5OS. The highest BCUT2D eigenvalue weighted by Gasteiger charge is 2.33. The molecule has 0 spiro atoms. The molecular weight excluding hydrogens is 360 g/mol. The van der Waals surface area contributed by atoms with Crippen molar-refractivity contribution in [1.82, 2.24) is 25.1 Å². The molecule has 0 radical (unpaired) electrons. The van der Waals surface area contributed by atoms with Gasteiger partial charge in [-0.15, -0.1) is 21.5 Å². The number of carbonyl (C=O) groups is 1. The van der Waals surface area contributed by atoms with Crippen LogP contribution in [0.25, 0.3) is 10.7 Å². The number of hydrogen-bond acceptors (Lipinski definition) is 5. The number of likely N-dealkylation sites (tertiary alicyclic amines) is 1. The van der Waals surface area contributed by atoms with E-state index in [-0.39, 0.29) is 6.04 Å². The molecule has 26 heavy (non-hydrogen) atoms. The van der Waals surface area contributed by atoms with E-state index in [0.29, 0.717) is 18.9 Å². The van der Waals surface area contributed by atoms with Crippen LogP contribution in [0.1, 0.15) is 23.2 Å². The summed E-state index contributed by atoms with van der Waals surface area (Å²) in [5.74, 6) is -1.81. The minimum absolute atomic E-state index is 0.230. The van der Waals surface area contributed by atoms with Crippen LogP contribution in [0.2, 0.25) is 0 Å². The largest absolute Gasteiger partial charge is 0.334 e. The molecule has 0 N–H and O–H groups in total. The molecule has 3 aromatic rings. The second-order valence-electron chi connectivity index (χ2n) is 6.04. The molecule has 1 aliphatic rings. The molecule has 4 rings (SSSR count). The Labute approximate surface area is 152 Å². The molecule has 1 atom stereocenters. The van der Waals surface area contributed by atoms with Crippen molar-refractivity contribution in [3.05, 3.63) is 52.9 Å². The maximum absolute atomic E-state index is 13.9. The van der Waals surface area contributed by atoms with Crippen molar-refractivity contribution < 1.29 is 13.6 Å². The van der Waals surface area contributed by atoms with Crippen molar-refractivity contribution >= 4 is 17.2 Å². The molecule has 0 bridgehead atoms. The summed E-state index contributed by atoms with van der Waals surface area (Å²) < 4.78 is 27.9. The second kappa shape index (κ2) is 6.91. The molecule has 0 unspecified atom stereocenters. The van der Waals surface area contributed by atoms with Crippen molar-refractivity contribution in [3.8, 4) is 10.7 Å². The second-order valence-corrected chi connectivity index (χ2v) is 6.98. The average molecular weight is 375 g/mol. The van der Waals surface area contributed by atoms with Gasteiger partial charge in [0.15, 0.2) is 0 Å². The fraction of sp³-hybridized carbons (Fsp3) is 0.294. The van der Waals surface area contributed by atoms with Gasteiger partial charge in [0.2, 0.25) is 5.82 Å². The summed E-state index contributed by atoms with van der Waals surface area (Å²) in [6.45, 7) is 0.782. The zero-order chi connectivity index (χ0) is 18.1. The Bertz CT molecular complexity index is 907. The molecule has 2 aromatic heterocycles. The summed E-state index contributed by atoms with van der Waals surface area (Å²) in [6.07, 6.45) is 1.48. The van der Waals surface area contributed by atoms with E-state index in [1.165, 1.54) is 27.1 Å². The molecule has 1 fully saturated rings. The minimum Gasteiger partial charge on any atom is -0.334 e. The number of carbonyl (C=O) groups excluding carboxylic acids is 1. The van der Waals surface area contributed by atoms with E-state index in [1.807, 2.05) is 17.5 Å². The summed E-state index contributed by atoms with van der Waals surface area (Å²) in [6, 6.07) is 7.00. The van der Waals surface area contributed by atoms with Gasteiger partial charge in [0.05, 0.1) is 17.5 Å². The van der Waals surface area contributed by atoms with E-state index in [0.717, 1.165) is 29.9 Å². The Morgan fingerprint density at radius 3 is 2.77 bits per heavy atom. The Morgan fingerprint density at radius 1 is 1.23 bits per heavy atom. The molecule has 1 saturated heterocycles. The van der Waals surface area contributed by atoms with Gasteiger partial charge in [-0.25, -0.2) is 8.78 Å².